The van der Waals surface area contributed by atoms with E-state index in [0.29, 0.717) is 6.04 Å². The Morgan fingerprint density at radius 1 is 1.67 bits per heavy atom. The molecule has 1 atom stereocenters. The molecule has 0 radical (unpaired) electrons. The lowest BCUT2D eigenvalue weighted by Crippen LogP contribution is -2.39. The third-order valence-corrected chi connectivity index (χ3v) is 0.897. The Balaban J connectivity index is 3.04. The Bertz CT molecular complexity index is 73.4. The van der Waals surface area contributed by atoms with Crippen molar-refractivity contribution in [2.24, 2.45) is 5.10 Å². The van der Waals surface area contributed by atoms with Crippen molar-refractivity contribution in [3.8, 4) is 0 Å². The summed E-state index contributed by atoms with van der Waals surface area (Å²) >= 11 is 0. The lowest BCUT2D eigenvalue weighted by atomic mass is 10.4. The summed E-state index contributed by atoms with van der Waals surface area (Å²) in [6, 6.07) is 0.315. The molecule has 0 heterocycles. The van der Waals surface area contributed by atoms with Crippen LogP contribution in [0.4, 0.5) is 0 Å². The van der Waals surface area contributed by atoms with Crippen LogP contribution in [-0.4, -0.2) is 26.4 Å². The van der Waals surface area contributed by atoms with Crippen LogP contribution in [0.2, 0.25) is 0 Å². The number of hydrazone groups is 1. The number of hydrogen-bond donors (Lipinski definition) is 3. The van der Waals surface area contributed by atoms with Crippen molar-refractivity contribution in [1.82, 2.24) is 16.3 Å². The van der Waals surface area contributed by atoms with E-state index in [-0.39, 0.29) is 0 Å². The van der Waals surface area contributed by atoms with Gasteiger partial charge < -0.3 is 5.43 Å². The van der Waals surface area contributed by atoms with Gasteiger partial charge in [0, 0.05) is 13.3 Å². The molecule has 0 rings (SSSR count). The number of rotatable bonds is 5. The highest BCUT2D eigenvalue weighted by atomic mass is 15.4. The maximum absolute atomic E-state index is 3.52. The van der Waals surface area contributed by atoms with E-state index in [2.05, 4.69) is 28.1 Å². The number of hydrogen-bond acceptors (Lipinski definition) is 4. The van der Waals surface area contributed by atoms with Gasteiger partial charge in [-0.1, -0.05) is 0 Å². The molecule has 54 valence electrons. The van der Waals surface area contributed by atoms with Gasteiger partial charge in [0.15, 0.2) is 0 Å². The fourth-order valence-corrected chi connectivity index (χ4v) is 0.457. The Kier molecular flexibility index (Phi) is 5.15. The van der Waals surface area contributed by atoms with E-state index in [4.69, 9.17) is 0 Å². The number of nitrogens with one attached hydrogen (secondary N) is 3. The van der Waals surface area contributed by atoms with Gasteiger partial charge in [0.05, 0.1) is 6.04 Å². The van der Waals surface area contributed by atoms with Crippen LogP contribution in [0.15, 0.2) is 5.10 Å². The van der Waals surface area contributed by atoms with Crippen LogP contribution >= 0.6 is 0 Å². The zero-order chi connectivity index (χ0) is 7.11. The number of nitrogens with zero attached hydrogens (tertiary/aromatic N) is 1. The van der Waals surface area contributed by atoms with Crippen molar-refractivity contribution in [1.29, 1.82) is 0 Å². The quantitative estimate of drug-likeness (QED) is 0.341. The van der Waals surface area contributed by atoms with Crippen molar-refractivity contribution in [3.05, 3.63) is 0 Å². The van der Waals surface area contributed by atoms with Crippen LogP contribution in [0.1, 0.15) is 6.92 Å². The largest absolute Gasteiger partial charge is 0.307 e. The molecule has 0 saturated carbocycles. The van der Waals surface area contributed by atoms with Crippen molar-refractivity contribution in [3.63, 3.8) is 0 Å². The molecule has 4 nitrogen and oxygen atoms in total. The predicted octanol–water partition coefficient (Wildman–Crippen LogP) is -0.696. The molecule has 0 aliphatic heterocycles. The van der Waals surface area contributed by atoms with Gasteiger partial charge in [-0.15, -0.1) is 0 Å². The fraction of sp³-hybridized carbons (Fsp3) is 0.800. The predicted molar refractivity (Wildman–Crippen MR) is 39.2 cm³/mol. The van der Waals surface area contributed by atoms with Crippen molar-refractivity contribution in [2.45, 2.75) is 13.0 Å². The van der Waals surface area contributed by atoms with Gasteiger partial charge in [-0.2, -0.15) is 5.10 Å². The second-order valence-electron chi connectivity index (χ2n) is 1.82. The van der Waals surface area contributed by atoms with Crippen LogP contribution in [0.5, 0.6) is 0 Å². The standard InChI is InChI=1S/C5H14N4/c1-5(9-7-3)4-8-6-2/h5-6,8-9H,3-4H2,1-2H3/t5-/m1/s1. The van der Waals surface area contributed by atoms with Gasteiger partial charge in [0.1, 0.15) is 0 Å². The lowest BCUT2D eigenvalue weighted by Gasteiger charge is -2.09. The first kappa shape index (κ1) is 8.39. The molecule has 0 bridgehead atoms. The molecule has 0 spiro atoms. The zero-order valence-electron chi connectivity index (χ0n) is 5.94. The molecule has 0 aromatic carbocycles. The highest BCUT2D eigenvalue weighted by Gasteiger charge is 1.94. The SMILES string of the molecule is C=NN[C@H](C)CNNC. The first-order valence-corrected chi connectivity index (χ1v) is 2.92. The molecule has 0 aromatic rings. The van der Waals surface area contributed by atoms with Crippen molar-refractivity contribution in [2.75, 3.05) is 13.6 Å². The second kappa shape index (κ2) is 5.53. The monoisotopic (exact) mass is 130 g/mol. The minimum absolute atomic E-state index is 0.315. The van der Waals surface area contributed by atoms with E-state index in [1.807, 2.05) is 14.0 Å². The summed E-state index contributed by atoms with van der Waals surface area (Å²) in [6.45, 7) is 6.14. The van der Waals surface area contributed by atoms with Crippen molar-refractivity contribution >= 4 is 6.72 Å². The summed E-state index contributed by atoms with van der Waals surface area (Å²) in [4.78, 5) is 0. The van der Waals surface area contributed by atoms with Gasteiger partial charge in [0.25, 0.3) is 0 Å². The molecular formula is C5H14N4. The van der Waals surface area contributed by atoms with Crippen molar-refractivity contribution < 1.29 is 0 Å². The molecule has 0 saturated heterocycles. The number of hydrazine groups is 1. The molecule has 0 aliphatic rings. The van der Waals surface area contributed by atoms with Gasteiger partial charge in [-0.05, 0) is 14.0 Å². The normalized spacial score (nSPS) is 12.7. The Morgan fingerprint density at radius 2 is 2.33 bits per heavy atom. The van der Waals surface area contributed by atoms with E-state index < -0.39 is 0 Å². The van der Waals surface area contributed by atoms with Crippen LogP contribution in [0.25, 0.3) is 0 Å². The van der Waals surface area contributed by atoms with Crippen LogP contribution in [-0.2, 0) is 0 Å². The summed E-state index contributed by atoms with van der Waals surface area (Å²) in [5.41, 5.74) is 8.53. The van der Waals surface area contributed by atoms with E-state index in [9.17, 15) is 0 Å². The van der Waals surface area contributed by atoms with E-state index in [1.165, 1.54) is 0 Å². The molecule has 0 unspecified atom stereocenters. The third-order valence-electron chi connectivity index (χ3n) is 0.897. The van der Waals surface area contributed by atoms with Crippen LogP contribution in [0, 0.1) is 0 Å². The fourth-order valence-electron chi connectivity index (χ4n) is 0.457. The minimum atomic E-state index is 0.315. The zero-order valence-corrected chi connectivity index (χ0v) is 5.94. The summed E-state index contributed by atoms with van der Waals surface area (Å²) in [5, 5.41) is 3.52. The first-order chi connectivity index (χ1) is 4.31. The first-order valence-electron chi connectivity index (χ1n) is 2.92. The topological polar surface area (TPSA) is 48.5 Å². The average molecular weight is 130 g/mol. The van der Waals surface area contributed by atoms with Crippen LogP contribution < -0.4 is 16.3 Å². The van der Waals surface area contributed by atoms with E-state index in [0.717, 1.165) is 6.54 Å². The molecule has 9 heavy (non-hydrogen) atoms. The Morgan fingerprint density at radius 3 is 2.78 bits per heavy atom. The van der Waals surface area contributed by atoms with Crippen LogP contribution in [0.3, 0.4) is 0 Å². The molecule has 4 heteroatoms. The minimum Gasteiger partial charge on any atom is -0.307 e. The molecule has 0 amide bonds. The van der Waals surface area contributed by atoms with Gasteiger partial charge in [-0.25, -0.2) is 0 Å². The summed E-state index contributed by atoms with van der Waals surface area (Å²) in [6.07, 6.45) is 0. The Labute approximate surface area is 55.7 Å². The second-order valence-corrected chi connectivity index (χ2v) is 1.82. The smallest absolute Gasteiger partial charge is 0.0550 e. The molecule has 0 aliphatic carbocycles. The molecule has 3 N–H and O–H groups in total. The summed E-state index contributed by atoms with van der Waals surface area (Å²) in [7, 11) is 1.83. The lowest BCUT2D eigenvalue weighted by molar-refractivity contribution is 0.485. The third kappa shape index (κ3) is 5.26. The van der Waals surface area contributed by atoms with E-state index in [1.54, 1.807) is 0 Å². The Hall–Kier alpha value is -0.610. The van der Waals surface area contributed by atoms with Gasteiger partial charge in [-0.3, -0.25) is 10.9 Å². The van der Waals surface area contributed by atoms with Gasteiger partial charge >= 0.3 is 0 Å². The highest BCUT2D eigenvalue weighted by molar-refractivity contribution is 5.22. The summed E-state index contributed by atoms with van der Waals surface area (Å²) in [5.74, 6) is 0. The maximum Gasteiger partial charge on any atom is 0.0550 e. The highest BCUT2D eigenvalue weighted by Crippen LogP contribution is 1.73. The molecule has 0 fully saturated rings. The molecule has 0 aromatic heterocycles. The summed E-state index contributed by atoms with van der Waals surface area (Å²) < 4.78 is 0. The van der Waals surface area contributed by atoms with Gasteiger partial charge in [0.2, 0.25) is 0 Å². The molecular weight excluding hydrogens is 116 g/mol. The average Bonchev–Trinajstić information content (AvgIpc) is 1.85. The maximum atomic E-state index is 3.52. The van der Waals surface area contributed by atoms with E-state index >= 15 is 0 Å².